The minimum atomic E-state index is -0.573. The summed E-state index contributed by atoms with van der Waals surface area (Å²) in [4.78, 5) is 0. The van der Waals surface area contributed by atoms with Gasteiger partial charge >= 0.3 is 0 Å². The second-order valence-electron chi connectivity index (χ2n) is 3.21. The summed E-state index contributed by atoms with van der Waals surface area (Å²) >= 11 is 0. The predicted octanol–water partition coefficient (Wildman–Crippen LogP) is 2.27. The quantitative estimate of drug-likeness (QED) is 0.578. The van der Waals surface area contributed by atoms with Crippen LogP contribution in [0.3, 0.4) is 0 Å². The fourth-order valence-corrected chi connectivity index (χ4v) is 1.41. The van der Waals surface area contributed by atoms with Crippen molar-refractivity contribution >= 4 is 0 Å². The maximum Gasteiger partial charge on any atom is 0.126 e. The van der Waals surface area contributed by atoms with Gasteiger partial charge in [0.1, 0.15) is 11.6 Å². The van der Waals surface area contributed by atoms with Crippen molar-refractivity contribution in [2.45, 2.75) is 25.8 Å². The van der Waals surface area contributed by atoms with Gasteiger partial charge in [0.05, 0.1) is 0 Å². The van der Waals surface area contributed by atoms with Gasteiger partial charge in [-0.2, -0.15) is 0 Å². The van der Waals surface area contributed by atoms with Gasteiger partial charge in [-0.3, -0.25) is 11.3 Å². The van der Waals surface area contributed by atoms with Crippen LogP contribution in [0.15, 0.2) is 18.2 Å². The molecule has 1 unspecified atom stereocenters. The highest BCUT2D eigenvalue weighted by Crippen LogP contribution is 2.19. The molecule has 14 heavy (non-hydrogen) atoms. The van der Waals surface area contributed by atoms with E-state index in [-0.39, 0.29) is 6.04 Å². The van der Waals surface area contributed by atoms with Crippen LogP contribution in [0.1, 0.15) is 31.4 Å². The van der Waals surface area contributed by atoms with E-state index in [1.807, 2.05) is 6.92 Å². The van der Waals surface area contributed by atoms with Crippen molar-refractivity contribution in [1.82, 2.24) is 5.43 Å². The van der Waals surface area contributed by atoms with E-state index >= 15 is 0 Å². The van der Waals surface area contributed by atoms with Gasteiger partial charge in [0, 0.05) is 12.1 Å². The number of hydrogen-bond acceptors (Lipinski definition) is 2. The van der Waals surface area contributed by atoms with E-state index < -0.39 is 11.6 Å². The van der Waals surface area contributed by atoms with Crippen molar-refractivity contribution < 1.29 is 8.78 Å². The van der Waals surface area contributed by atoms with E-state index in [1.54, 1.807) is 0 Å². The molecule has 4 heteroatoms. The van der Waals surface area contributed by atoms with E-state index in [9.17, 15) is 8.78 Å². The molecule has 1 rings (SSSR count). The topological polar surface area (TPSA) is 38.0 Å². The summed E-state index contributed by atoms with van der Waals surface area (Å²) in [5.41, 5.74) is 3.09. The molecule has 0 aliphatic heterocycles. The maximum atomic E-state index is 12.9. The largest absolute Gasteiger partial charge is 0.271 e. The Kier molecular flexibility index (Phi) is 3.98. The Morgan fingerprint density at radius 3 is 2.29 bits per heavy atom. The SMILES string of the molecule is CCCC(NN)c1cc(F)cc(F)c1. The lowest BCUT2D eigenvalue weighted by molar-refractivity contribution is 0.498. The zero-order valence-corrected chi connectivity index (χ0v) is 8.06. The van der Waals surface area contributed by atoms with Crippen LogP contribution < -0.4 is 11.3 Å². The molecule has 2 nitrogen and oxygen atoms in total. The van der Waals surface area contributed by atoms with Gasteiger partial charge in [0.2, 0.25) is 0 Å². The molecular weight excluding hydrogens is 186 g/mol. The van der Waals surface area contributed by atoms with Crippen molar-refractivity contribution in [3.8, 4) is 0 Å². The van der Waals surface area contributed by atoms with Gasteiger partial charge in [-0.1, -0.05) is 13.3 Å². The second-order valence-corrected chi connectivity index (χ2v) is 3.21. The smallest absolute Gasteiger partial charge is 0.126 e. The average Bonchev–Trinajstić information content (AvgIpc) is 2.12. The lowest BCUT2D eigenvalue weighted by atomic mass is 10.0. The highest BCUT2D eigenvalue weighted by Gasteiger charge is 2.10. The van der Waals surface area contributed by atoms with Crippen LogP contribution in [-0.2, 0) is 0 Å². The van der Waals surface area contributed by atoms with Crippen LogP contribution in [0.25, 0.3) is 0 Å². The van der Waals surface area contributed by atoms with Crippen LogP contribution >= 0.6 is 0 Å². The van der Waals surface area contributed by atoms with Crippen molar-refractivity contribution in [3.05, 3.63) is 35.4 Å². The predicted molar refractivity (Wildman–Crippen MR) is 51.3 cm³/mol. The normalized spacial score (nSPS) is 12.9. The Morgan fingerprint density at radius 2 is 1.86 bits per heavy atom. The first-order valence-electron chi connectivity index (χ1n) is 4.59. The number of nitrogens with two attached hydrogens (primary N) is 1. The Bertz CT molecular complexity index is 282. The third-order valence-electron chi connectivity index (χ3n) is 2.07. The first kappa shape index (κ1) is 11.1. The lowest BCUT2D eigenvalue weighted by Crippen LogP contribution is -2.28. The number of halogens is 2. The number of rotatable bonds is 4. The van der Waals surface area contributed by atoms with Crippen molar-refractivity contribution in [3.63, 3.8) is 0 Å². The summed E-state index contributed by atoms with van der Waals surface area (Å²) in [6, 6.07) is 3.25. The highest BCUT2D eigenvalue weighted by molar-refractivity contribution is 5.21. The monoisotopic (exact) mass is 200 g/mol. The molecule has 0 aromatic heterocycles. The molecule has 1 atom stereocenters. The van der Waals surface area contributed by atoms with Crippen molar-refractivity contribution in [1.29, 1.82) is 0 Å². The highest BCUT2D eigenvalue weighted by atomic mass is 19.1. The van der Waals surface area contributed by atoms with E-state index in [1.165, 1.54) is 12.1 Å². The standard InChI is InChI=1S/C10H14F2N2/c1-2-3-10(14-13)7-4-8(11)6-9(12)5-7/h4-6,10,14H,2-3,13H2,1H3. The summed E-state index contributed by atoms with van der Waals surface area (Å²) in [5, 5.41) is 0. The van der Waals surface area contributed by atoms with Gasteiger partial charge < -0.3 is 0 Å². The van der Waals surface area contributed by atoms with E-state index in [0.29, 0.717) is 5.56 Å². The van der Waals surface area contributed by atoms with Crippen LogP contribution in [-0.4, -0.2) is 0 Å². The molecule has 0 aliphatic rings. The molecule has 3 N–H and O–H groups in total. The Hall–Kier alpha value is -1.00. The van der Waals surface area contributed by atoms with E-state index in [4.69, 9.17) is 5.84 Å². The van der Waals surface area contributed by atoms with Crippen molar-refractivity contribution in [2.24, 2.45) is 5.84 Å². The molecule has 0 saturated carbocycles. The van der Waals surface area contributed by atoms with Crippen LogP contribution in [0.5, 0.6) is 0 Å². The van der Waals surface area contributed by atoms with Crippen molar-refractivity contribution in [2.75, 3.05) is 0 Å². The first-order chi connectivity index (χ1) is 6.67. The summed E-state index contributed by atoms with van der Waals surface area (Å²) in [7, 11) is 0. The number of nitrogens with one attached hydrogen (secondary N) is 1. The van der Waals surface area contributed by atoms with Gasteiger partial charge in [-0.15, -0.1) is 0 Å². The fraction of sp³-hybridized carbons (Fsp3) is 0.400. The maximum absolute atomic E-state index is 12.9. The zero-order chi connectivity index (χ0) is 10.6. The number of hydrogen-bond donors (Lipinski definition) is 2. The molecule has 0 saturated heterocycles. The van der Waals surface area contributed by atoms with Gasteiger partial charge in [0.15, 0.2) is 0 Å². The first-order valence-corrected chi connectivity index (χ1v) is 4.59. The third-order valence-corrected chi connectivity index (χ3v) is 2.07. The molecule has 1 aromatic carbocycles. The Morgan fingerprint density at radius 1 is 1.29 bits per heavy atom. The lowest BCUT2D eigenvalue weighted by Gasteiger charge is -2.15. The van der Waals surface area contributed by atoms with E-state index in [2.05, 4.69) is 5.43 Å². The molecular formula is C10H14F2N2. The molecule has 0 fully saturated rings. The summed E-state index contributed by atoms with van der Waals surface area (Å²) in [6.45, 7) is 1.99. The van der Waals surface area contributed by atoms with Gasteiger partial charge in [-0.05, 0) is 24.1 Å². The molecule has 78 valence electrons. The van der Waals surface area contributed by atoms with Crippen LogP contribution in [0.2, 0.25) is 0 Å². The summed E-state index contributed by atoms with van der Waals surface area (Å²) in [6.07, 6.45) is 1.65. The molecule has 0 amide bonds. The van der Waals surface area contributed by atoms with Gasteiger partial charge in [0.25, 0.3) is 0 Å². The van der Waals surface area contributed by atoms with E-state index in [0.717, 1.165) is 18.9 Å². The molecule has 0 bridgehead atoms. The Balaban J connectivity index is 2.91. The molecule has 0 spiro atoms. The number of hydrazine groups is 1. The molecule has 0 radical (unpaired) electrons. The molecule has 0 heterocycles. The fourth-order valence-electron chi connectivity index (χ4n) is 1.41. The van der Waals surface area contributed by atoms with Gasteiger partial charge in [-0.25, -0.2) is 8.78 Å². The third kappa shape index (κ3) is 2.75. The van der Waals surface area contributed by atoms with Crippen LogP contribution in [0.4, 0.5) is 8.78 Å². The minimum Gasteiger partial charge on any atom is -0.271 e. The average molecular weight is 200 g/mol. The second kappa shape index (κ2) is 5.02. The summed E-state index contributed by atoms with van der Waals surface area (Å²) < 4.78 is 25.7. The number of benzene rings is 1. The van der Waals surface area contributed by atoms with Crippen LogP contribution in [0, 0.1) is 11.6 Å². The molecule has 0 aliphatic carbocycles. The molecule has 1 aromatic rings. The Labute approximate surface area is 82.1 Å². The summed E-state index contributed by atoms with van der Waals surface area (Å²) in [5.74, 6) is 4.15. The minimum absolute atomic E-state index is 0.190. The zero-order valence-electron chi connectivity index (χ0n) is 8.06.